The summed E-state index contributed by atoms with van der Waals surface area (Å²) in [5, 5.41) is 0. The molecule has 2 unspecified atom stereocenters. The second kappa shape index (κ2) is 4.86. The van der Waals surface area contributed by atoms with Crippen LogP contribution < -0.4 is 0 Å². The van der Waals surface area contributed by atoms with Gasteiger partial charge < -0.3 is 4.74 Å². The molecular weight excluding hydrogens is 220 g/mol. The molecule has 14 heavy (non-hydrogen) atoms. The van der Waals surface area contributed by atoms with E-state index in [2.05, 4.69) is 0 Å². The molecule has 2 saturated heterocycles. The van der Waals surface area contributed by atoms with E-state index in [1.807, 2.05) is 0 Å². The van der Waals surface area contributed by atoms with Gasteiger partial charge in [0.15, 0.2) is 0 Å². The summed E-state index contributed by atoms with van der Waals surface area (Å²) < 4.78 is 28.9. The van der Waals surface area contributed by atoms with Crippen molar-refractivity contribution in [1.82, 2.24) is 0 Å². The summed E-state index contributed by atoms with van der Waals surface area (Å²) in [5.41, 5.74) is 0. The van der Waals surface area contributed by atoms with Crippen LogP contribution in [-0.2, 0) is 26.3 Å². The second-order valence-electron chi connectivity index (χ2n) is 3.80. The molecule has 0 spiro atoms. The van der Waals surface area contributed by atoms with Crippen molar-refractivity contribution in [1.29, 1.82) is 0 Å². The van der Waals surface area contributed by atoms with E-state index >= 15 is 0 Å². The lowest BCUT2D eigenvalue weighted by Gasteiger charge is -2.31. The summed E-state index contributed by atoms with van der Waals surface area (Å²) >= 11 is 0. The van der Waals surface area contributed by atoms with Crippen molar-refractivity contribution in [3.63, 3.8) is 0 Å². The van der Waals surface area contributed by atoms with E-state index in [-0.39, 0.29) is 10.7 Å². The van der Waals surface area contributed by atoms with Crippen LogP contribution in [0.1, 0.15) is 25.7 Å². The lowest BCUT2D eigenvalue weighted by molar-refractivity contribution is 0.0256. The smallest absolute Gasteiger partial charge is 0.136 e. The van der Waals surface area contributed by atoms with Crippen LogP contribution in [-0.4, -0.2) is 37.2 Å². The fourth-order valence-corrected chi connectivity index (χ4v) is 6.16. The first-order valence-corrected chi connectivity index (χ1v) is 7.91. The first-order chi connectivity index (χ1) is 6.79. The molecular formula is C9H16O3S2. The van der Waals surface area contributed by atoms with Gasteiger partial charge in [0.2, 0.25) is 0 Å². The predicted molar refractivity (Wildman–Crippen MR) is 58.0 cm³/mol. The van der Waals surface area contributed by atoms with Gasteiger partial charge in [0, 0.05) is 39.7 Å². The van der Waals surface area contributed by atoms with Crippen LogP contribution in [0.15, 0.2) is 0 Å². The molecule has 0 aromatic carbocycles. The third-order valence-corrected chi connectivity index (χ3v) is 7.04. The van der Waals surface area contributed by atoms with E-state index < -0.39 is 21.6 Å². The van der Waals surface area contributed by atoms with Crippen LogP contribution in [0.2, 0.25) is 0 Å². The van der Waals surface area contributed by atoms with Gasteiger partial charge in [-0.25, -0.2) is 0 Å². The molecule has 0 radical (unpaired) electrons. The Labute approximate surface area is 89.5 Å². The fraction of sp³-hybridized carbons (Fsp3) is 1.00. The molecule has 2 aliphatic heterocycles. The predicted octanol–water partition coefficient (Wildman–Crippen LogP) is 0.783. The van der Waals surface area contributed by atoms with E-state index in [1.54, 1.807) is 0 Å². The summed E-state index contributed by atoms with van der Waals surface area (Å²) in [6.07, 6.45) is 3.97. The Bertz CT molecular complexity index is 232. The Hall–Kier alpha value is 0.260. The van der Waals surface area contributed by atoms with Crippen LogP contribution in [0.4, 0.5) is 0 Å². The van der Waals surface area contributed by atoms with Crippen molar-refractivity contribution in [2.24, 2.45) is 0 Å². The van der Waals surface area contributed by atoms with Gasteiger partial charge >= 0.3 is 0 Å². The minimum atomic E-state index is -0.931. The highest BCUT2D eigenvalue weighted by Gasteiger charge is 2.36. The van der Waals surface area contributed by atoms with Crippen molar-refractivity contribution < 1.29 is 13.2 Å². The van der Waals surface area contributed by atoms with Gasteiger partial charge in [-0.05, 0) is 25.7 Å². The van der Waals surface area contributed by atoms with E-state index in [0.717, 1.165) is 32.3 Å². The molecule has 5 heteroatoms. The maximum atomic E-state index is 11.7. The lowest BCUT2D eigenvalue weighted by atomic mass is 10.1. The van der Waals surface area contributed by atoms with Crippen LogP contribution in [0.25, 0.3) is 0 Å². The lowest BCUT2D eigenvalue weighted by Crippen LogP contribution is -2.43. The Kier molecular flexibility index (Phi) is 3.73. The second-order valence-corrected chi connectivity index (χ2v) is 7.45. The third kappa shape index (κ3) is 2.25. The molecule has 2 aliphatic rings. The summed E-state index contributed by atoms with van der Waals surface area (Å²) in [6, 6.07) is 0. The van der Waals surface area contributed by atoms with Crippen molar-refractivity contribution in [2.75, 3.05) is 18.1 Å². The summed E-state index contributed by atoms with van der Waals surface area (Å²) in [7, 11) is -1.86. The minimum Gasteiger partial charge on any atom is -0.376 e. The van der Waals surface area contributed by atoms with Gasteiger partial charge in [0.25, 0.3) is 0 Å². The van der Waals surface area contributed by atoms with Gasteiger partial charge in [-0.2, -0.15) is 0 Å². The average Bonchev–Trinajstić information content (AvgIpc) is 2.19. The first-order valence-electron chi connectivity index (χ1n) is 5.15. The summed E-state index contributed by atoms with van der Waals surface area (Å²) in [4.78, 5) is 0. The Balaban J connectivity index is 2.05. The van der Waals surface area contributed by atoms with Crippen LogP contribution in [0, 0.1) is 0 Å². The summed E-state index contributed by atoms with van der Waals surface area (Å²) in [5.74, 6) is 1.41. The first kappa shape index (κ1) is 10.8. The molecule has 0 amide bonds. The Morgan fingerprint density at radius 2 is 1.71 bits per heavy atom. The number of ether oxygens (including phenoxy) is 1. The molecule has 2 heterocycles. The highest BCUT2D eigenvalue weighted by atomic mass is 32.2. The zero-order valence-corrected chi connectivity index (χ0v) is 9.78. The molecule has 2 fully saturated rings. The molecule has 0 aromatic rings. The molecule has 2 rings (SSSR count). The zero-order chi connectivity index (χ0) is 9.97. The molecule has 0 N–H and O–H groups in total. The number of rotatable bonds is 1. The fourth-order valence-electron chi connectivity index (χ4n) is 2.01. The maximum Gasteiger partial charge on any atom is 0.136 e. The van der Waals surface area contributed by atoms with E-state index in [0.29, 0.717) is 11.5 Å². The van der Waals surface area contributed by atoms with Crippen LogP contribution in [0.3, 0.4) is 0 Å². The highest BCUT2D eigenvalue weighted by molar-refractivity contribution is 8.03. The van der Waals surface area contributed by atoms with Gasteiger partial charge in [0.05, 0.1) is 6.10 Å². The zero-order valence-electron chi connectivity index (χ0n) is 8.15. The van der Waals surface area contributed by atoms with E-state index in [1.165, 1.54) is 0 Å². The quantitative estimate of drug-likeness (QED) is 0.676. The van der Waals surface area contributed by atoms with Gasteiger partial charge in [-0.1, -0.05) is 0 Å². The minimum absolute atomic E-state index is 0.00860. The summed E-state index contributed by atoms with van der Waals surface area (Å²) in [6.45, 7) is 0.746. The monoisotopic (exact) mass is 236 g/mol. The number of hydrogen-bond donors (Lipinski definition) is 0. The normalized spacial score (nSPS) is 44.9. The van der Waals surface area contributed by atoms with Gasteiger partial charge in [-0.15, -0.1) is 0 Å². The molecule has 3 atom stereocenters. The van der Waals surface area contributed by atoms with E-state index in [4.69, 9.17) is 4.74 Å². The molecule has 0 aliphatic carbocycles. The van der Waals surface area contributed by atoms with Crippen molar-refractivity contribution in [3.05, 3.63) is 0 Å². The van der Waals surface area contributed by atoms with E-state index in [9.17, 15) is 8.42 Å². The largest absolute Gasteiger partial charge is 0.376 e. The highest BCUT2D eigenvalue weighted by Crippen LogP contribution is 2.24. The Morgan fingerprint density at radius 3 is 2.29 bits per heavy atom. The van der Waals surface area contributed by atoms with Crippen molar-refractivity contribution in [2.45, 2.75) is 36.4 Å². The van der Waals surface area contributed by atoms with Crippen molar-refractivity contribution >= 4 is 21.6 Å². The van der Waals surface area contributed by atoms with Crippen LogP contribution in [0.5, 0.6) is 0 Å². The van der Waals surface area contributed by atoms with Gasteiger partial charge in [-0.3, -0.25) is 8.42 Å². The maximum absolute atomic E-state index is 11.7. The Morgan fingerprint density at radius 1 is 1.00 bits per heavy atom. The standard InChI is InChI=1S/C9H16O3S2/c10-13-6-3-7-14(11)9(13)8-4-1-2-5-12-8/h8-9H,1-7H2/t8-,9?,13?,14?/m0/s1. The molecule has 0 bridgehead atoms. The van der Waals surface area contributed by atoms with Crippen LogP contribution >= 0.6 is 0 Å². The van der Waals surface area contributed by atoms with Crippen molar-refractivity contribution in [3.8, 4) is 0 Å². The average molecular weight is 236 g/mol. The topological polar surface area (TPSA) is 43.4 Å². The molecule has 0 aromatic heterocycles. The molecule has 0 saturated carbocycles. The number of hydrogen-bond acceptors (Lipinski definition) is 3. The molecule has 82 valence electrons. The molecule has 3 nitrogen and oxygen atoms in total. The SMILES string of the molecule is O=S1CCCS(=O)C1[C@@H]1CCCCO1. The third-order valence-electron chi connectivity index (χ3n) is 2.73. The van der Waals surface area contributed by atoms with Gasteiger partial charge in [0.1, 0.15) is 4.58 Å².